The fourth-order valence-electron chi connectivity index (χ4n) is 2.15. The number of hydrogen-bond donors (Lipinski definition) is 0. The molecule has 0 bridgehead atoms. The Kier molecular flexibility index (Phi) is 2.57. The molecule has 0 spiro atoms. The van der Waals surface area contributed by atoms with Crippen molar-refractivity contribution in [1.82, 2.24) is 0 Å². The van der Waals surface area contributed by atoms with Crippen LogP contribution in [0.1, 0.15) is 41.5 Å². The lowest BCUT2D eigenvalue weighted by molar-refractivity contribution is 0.0598. The van der Waals surface area contributed by atoms with E-state index >= 15 is 0 Å². The van der Waals surface area contributed by atoms with Crippen molar-refractivity contribution >= 4 is 28.9 Å². The van der Waals surface area contributed by atoms with Crippen LogP contribution in [0.5, 0.6) is 0 Å². The third kappa shape index (κ3) is 1.55. The molecule has 1 heterocycles. The first kappa shape index (κ1) is 11.8. The number of esters is 1. The maximum Gasteiger partial charge on any atom is 0.339 e. The van der Waals surface area contributed by atoms with Crippen LogP contribution in [-0.4, -0.2) is 24.6 Å². The maximum atomic E-state index is 12.4. The molecule has 1 aliphatic rings. The van der Waals surface area contributed by atoms with Gasteiger partial charge in [0, 0.05) is 16.5 Å². The van der Waals surface area contributed by atoms with E-state index < -0.39 is 5.97 Å². The van der Waals surface area contributed by atoms with Crippen LogP contribution in [0.15, 0.2) is 29.6 Å². The van der Waals surface area contributed by atoms with Crippen molar-refractivity contribution in [2.24, 2.45) is 0 Å². The van der Waals surface area contributed by atoms with Gasteiger partial charge in [-0.2, -0.15) is 0 Å². The van der Waals surface area contributed by atoms with E-state index in [-0.39, 0.29) is 22.7 Å². The molecule has 3 rings (SSSR count). The molecule has 19 heavy (non-hydrogen) atoms. The maximum absolute atomic E-state index is 12.4. The zero-order valence-corrected chi connectivity index (χ0v) is 10.7. The van der Waals surface area contributed by atoms with Crippen LogP contribution in [0.25, 0.3) is 0 Å². The molecule has 0 saturated carbocycles. The number of carbonyl (C=O) groups excluding carboxylic acids is 3. The Morgan fingerprint density at radius 1 is 1.11 bits per heavy atom. The number of ketones is 2. The van der Waals surface area contributed by atoms with Crippen LogP contribution < -0.4 is 0 Å². The van der Waals surface area contributed by atoms with Crippen LogP contribution in [0, 0.1) is 0 Å². The number of ether oxygens (including phenoxy) is 1. The van der Waals surface area contributed by atoms with Gasteiger partial charge in [-0.1, -0.05) is 24.3 Å². The zero-order valence-electron chi connectivity index (χ0n) is 9.93. The quantitative estimate of drug-likeness (QED) is 0.638. The van der Waals surface area contributed by atoms with Gasteiger partial charge >= 0.3 is 5.97 Å². The van der Waals surface area contributed by atoms with Crippen molar-refractivity contribution in [3.05, 3.63) is 56.8 Å². The van der Waals surface area contributed by atoms with Gasteiger partial charge in [0.05, 0.1) is 23.1 Å². The summed E-state index contributed by atoms with van der Waals surface area (Å²) in [7, 11) is 1.25. The van der Waals surface area contributed by atoms with Gasteiger partial charge in [0.1, 0.15) is 0 Å². The lowest BCUT2D eigenvalue weighted by atomic mass is 9.87. The summed E-state index contributed by atoms with van der Waals surface area (Å²) in [6.45, 7) is 0. The highest BCUT2D eigenvalue weighted by molar-refractivity contribution is 7.13. The average Bonchev–Trinajstić information content (AvgIpc) is 2.89. The number of carbonyl (C=O) groups is 3. The third-order valence-electron chi connectivity index (χ3n) is 3.05. The van der Waals surface area contributed by atoms with Gasteiger partial charge in [0.2, 0.25) is 5.78 Å². The van der Waals surface area contributed by atoms with Crippen LogP contribution in [0.2, 0.25) is 0 Å². The number of methoxy groups -OCH3 is 1. The Labute approximate surface area is 112 Å². The van der Waals surface area contributed by atoms with Gasteiger partial charge in [-0.05, 0) is 0 Å². The van der Waals surface area contributed by atoms with Crippen molar-refractivity contribution in [3.8, 4) is 0 Å². The van der Waals surface area contributed by atoms with Crippen molar-refractivity contribution < 1.29 is 19.1 Å². The monoisotopic (exact) mass is 272 g/mol. The standard InChI is InChI=1S/C14H8O4S/c1-18-14(17)9-6-19-13-10(9)11(15)7-4-2-3-5-8(7)12(13)16/h2-6H,1H3. The minimum Gasteiger partial charge on any atom is -0.465 e. The van der Waals surface area contributed by atoms with Crippen LogP contribution >= 0.6 is 11.3 Å². The van der Waals surface area contributed by atoms with Crippen molar-refractivity contribution in [3.63, 3.8) is 0 Å². The number of rotatable bonds is 1. The smallest absolute Gasteiger partial charge is 0.339 e. The molecule has 0 radical (unpaired) electrons. The summed E-state index contributed by atoms with van der Waals surface area (Å²) >= 11 is 1.10. The van der Waals surface area contributed by atoms with Gasteiger partial charge in [0.15, 0.2) is 5.78 Å². The fourth-order valence-corrected chi connectivity index (χ4v) is 3.13. The molecule has 0 amide bonds. The number of thiophene rings is 1. The van der Waals surface area contributed by atoms with Crippen LogP contribution in [0.3, 0.4) is 0 Å². The molecule has 0 fully saturated rings. The largest absolute Gasteiger partial charge is 0.465 e. The van der Waals surface area contributed by atoms with Crippen molar-refractivity contribution in [2.75, 3.05) is 7.11 Å². The number of hydrogen-bond acceptors (Lipinski definition) is 5. The fraction of sp³-hybridized carbons (Fsp3) is 0.0714. The first-order chi connectivity index (χ1) is 9.15. The Bertz CT molecular complexity index is 727. The second-order valence-corrected chi connectivity index (χ2v) is 4.93. The summed E-state index contributed by atoms with van der Waals surface area (Å²) in [5, 5.41) is 1.50. The van der Waals surface area contributed by atoms with Crippen LogP contribution in [0.4, 0.5) is 0 Å². The van der Waals surface area contributed by atoms with Gasteiger partial charge in [-0.25, -0.2) is 4.79 Å². The molecule has 94 valence electrons. The van der Waals surface area contributed by atoms with Gasteiger partial charge < -0.3 is 4.74 Å². The highest BCUT2D eigenvalue weighted by Crippen LogP contribution is 2.33. The number of fused-ring (bicyclic) bond motifs is 2. The normalized spacial score (nSPS) is 12.9. The van der Waals surface area contributed by atoms with Crippen LogP contribution in [-0.2, 0) is 4.74 Å². The lowest BCUT2D eigenvalue weighted by Crippen LogP contribution is -2.21. The van der Waals surface area contributed by atoms with E-state index in [1.165, 1.54) is 12.5 Å². The van der Waals surface area contributed by atoms with Crippen molar-refractivity contribution in [1.29, 1.82) is 0 Å². The predicted molar refractivity (Wildman–Crippen MR) is 69.0 cm³/mol. The minimum absolute atomic E-state index is 0.162. The van der Waals surface area contributed by atoms with E-state index in [2.05, 4.69) is 4.74 Å². The molecule has 0 N–H and O–H groups in total. The first-order valence-electron chi connectivity index (χ1n) is 5.53. The first-order valence-corrected chi connectivity index (χ1v) is 6.41. The van der Waals surface area contributed by atoms with Crippen molar-refractivity contribution in [2.45, 2.75) is 0 Å². The summed E-state index contributed by atoms with van der Waals surface area (Å²) in [4.78, 5) is 36.6. The molecule has 4 nitrogen and oxygen atoms in total. The van der Waals surface area contributed by atoms with E-state index in [0.717, 1.165) is 11.3 Å². The molecule has 0 unspecified atom stereocenters. The number of benzene rings is 1. The minimum atomic E-state index is -0.599. The molecular formula is C14H8O4S. The Balaban J connectivity index is 2.26. The third-order valence-corrected chi connectivity index (χ3v) is 4.02. The molecule has 1 aromatic heterocycles. The highest BCUT2D eigenvalue weighted by atomic mass is 32.1. The lowest BCUT2D eigenvalue weighted by Gasteiger charge is -2.14. The Morgan fingerprint density at radius 2 is 1.74 bits per heavy atom. The summed E-state index contributed by atoms with van der Waals surface area (Å²) < 4.78 is 4.64. The second-order valence-electron chi connectivity index (χ2n) is 4.05. The molecule has 0 atom stereocenters. The second kappa shape index (κ2) is 4.13. The molecule has 1 aliphatic carbocycles. The zero-order chi connectivity index (χ0) is 13.6. The van der Waals surface area contributed by atoms with E-state index in [9.17, 15) is 14.4 Å². The molecule has 0 aliphatic heterocycles. The van der Waals surface area contributed by atoms with Gasteiger partial charge in [-0.3, -0.25) is 9.59 Å². The molecule has 0 saturated heterocycles. The summed E-state index contributed by atoms with van der Waals surface area (Å²) in [6, 6.07) is 6.62. The highest BCUT2D eigenvalue weighted by Gasteiger charge is 2.35. The predicted octanol–water partition coefficient (Wildman–Crippen LogP) is 2.31. The summed E-state index contributed by atoms with van der Waals surface area (Å²) in [5.41, 5.74) is 1.05. The van der Waals surface area contributed by atoms with E-state index in [4.69, 9.17) is 0 Å². The summed E-state index contributed by atoms with van der Waals surface area (Å²) in [5.74, 6) is -1.12. The topological polar surface area (TPSA) is 60.4 Å². The van der Waals surface area contributed by atoms with Gasteiger partial charge in [-0.15, -0.1) is 11.3 Å². The average molecular weight is 272 g/mol. The molecule has 2 aromatic rings. The molecule has 1 aromatic carbocycles. The SMILES string of the molecule is COC(=O)c1csc2c1C(=O)c1ccccc1C2=O. The van der Waals surface area contributed by atoms with E-state index in [0.29, 0.717) is 16.0 Å². The Hall–Kier alpha value is -2.27. The molecule has 5 heteroatoms. The molecular weight excluding hydrogens is 264 g/mol. The van der Waals surface area contributed by atoms with E-state index in [1.54, 1.807) is 24.3 Å². The van der Waals surface area contributed by atoms with E-state index in [1.807, 2.05) is 0 Å². The van der Waals surface area contributed by atoms with Gasteiger partial charge in [0.25, 0.3) is 0 Å². The Morgan fingerprint density at radius 3 is 2.37 bits per heavy atom. The summed E-state index contributed by atoms with van der Waals surface area (Å²) in [6.07, 6.45) is 0.